The molecule has 116 valence electrons. The van der Waals surface area contributed by atoms with Crippen LogP contribution in [0.3, 0.4) is 0 Å². The van der Waals surface area contributed by atoms with Crippen molar-refractivity contribution in [3.8, 4) is 5.75 Å². The molecule has 21 heavy (non-hydrogen) atoms. The van der Waals surface area contributed by atoms with E-state index >= 15 is 0 Å². The minimum absolute atomic E-state index is 0.119. The Kier molecular flexibility index (Phi) is 4.98. The normalized spacial score (nSPS) is 17.1. The van der Waals surface area contributed by atoms with Crippen molar-refractivity contribution in [1.82, 2.24) is 4.98 Å². The van der Waals surface area contributed by atoms with Crippen molar-refractivity contribution in [3.63, 3.8) is 0 Å². The van der Waals surface area contributed by atoms with Crippen molar-refractivity contribution in [2.75, 3.05) is 20.0 Å². The number of methoxy groups -OCH3 is 2. The molecule has 1 heterocycles. The Labute approximate surface area is 127 Å². The number of esters is 1. The summed E-state index contributed by atoms with van der Waals surface area (Å²) in [7, 11) is 1.95. The van der Waals surface area contributed by atoms with Gasteiger partial charge in [-0.15, -0.1) is 0 Å². The Morgan fingerprint density at radius 3 is 2.67 bits per heavy atom. The van der Waals surface area contributed by atoms with Crippen LogP contribution in [-0.4, -0.2) is 35.1 Å². The summed E-state index contributed by atoms with van der Waals surface area (Å²) in [6.45, 7) is 1.88. The third-order valence-corrected chi connectivity index (χ3v) is 5.25. The number of nitrogens with zero attached hydrogens (tertiary/aromatic N) is 1. The maximum absolute atomic E-state index is 12.3. The van der Waals surface area contributed by atoms with Gasteiger partial charge in [-0.05, 0) is 25.2 Å². The van der Waals surface area contributed by atoms with Crippen molar-refractivity contribution >= 4 is 16.8 Å². The van der Waals surface area contributed by atoms with E-state index in [1.54, 1.807) is 7.11 Å². The summed E-state index contributed by atoms with van der Waals surface area (Å²) in [6, 6.07) is 3.65. The maximum atomic E-state index is 12.3. The molecular weight excluding hydrogens is 290 g/mol. The van der Waals surface area contributed by atoms with Crippen LogP contribution in [0.5, 0.6) is 5.75 Å². The van der Waals surface area contributed by atoms with Crippen LogP contribution in [-0.2, 0) is 26.1 Å². The molecule has 5 nitrogen and oxygen atoms in total. The van der Waals surface area contributed by atoms with Crippen LogP contribution < -0.4 is 4.74 Å². The monoisotopic (exact) mass is 311 g/mol. The van der Waals surface area contributed by atoms with Crippen LogP contribution in [0.15, 0.2) is 12.1 Å². The predicted molar refractivity (Wildman–Crippen MR) is 80.5 cm³/mol. The molecule has 0 amide bonds. The number of aryl methyl sites for hydroxylation is 1. The number of carbonyl (C=O) groups is 1. The van der Waals surface area contributed by atoms with Gasteiger partial charge in [0.1, 0.15) is 5.75 Å². The van der Waals surface area contributed by atoms with Gasteiger partial charge in [0.15, 0.2) is 0 Å². The van der Waals surface area contributed by atoms with Crippen LogP contribution in [0.2, 0.25) is 0 Å². The number of ether oxygens (including phenoxy) is 2. The fraction of sp³-hybridized carbons (Fsp3) is 0.600. The summed E-state index contributed by atoms with van der Waals surface area (Å²) in [6.07, 6.45) is 2.25. The summed E-state index contributed by atoms with van der Waals surface area (Å²) in [5.74, 6) is 1.42. The zero-order valence-electron chi connectivity index (χ0n) is 12.7. The number of hydrogen-bond donors (Lipinski definition) is 0. The van der Waals surface area contributed by atoms with Crippen LogP contribution >= 0.6 is 0 Å². The lowest BCUT2D eigenvalue weighted by Crippen LogP contribution is -2.18. The van der Waals surface area contributed by atoms with Gasteiger partial charge in [-0.25, -0.2) is 0 Å². The summed E-state index contributed by atoms with van der Waals surface area (Å²) in [5.41, 5.74) is 1.49. The highest BCUT2D eigenvalue weighted by atomic mass is 32.2. The van der Waals surface area contributed by atoms with Gasteiger partial charge in [-0.1, -0.05) is 0 Å². The Morgan fingerprint density at radius 2 is 2.10 bits per heavy atom. The van der Waals surface area contributed by atoms with Crippen molar-refractivity contribution in [3.05, 3.63) is 23.5 Å². The SMILES string of the molecule is COC(=O)CC1(CS(=O)Cc2cc(OC)cc(C)n2)CC1. The zero-order valence-corrected chi connectivity index (χ0v) is 13.5. The molecule has 1 aromatic heterocycles. The molecule has 1 aliphatic carbocycles. The molecule has 0 spiro atoms. The minimum Gasteiger partial charge on any atom is -0.497 e. The first-order chi connectivity index (χ1) is 9.96. The van der Waals surface area contributed by atoms with Crippen LogP contribution in [0, 0.1) is 12.3 Å². The van der Waals surface area contributed by atoms with Crippen LogP contribution in [0.4, 0.5) is 0 Å². The molecule has 6 heteroatoms. The average Bonchev–Trinajstić information content (AvgIpc) is 3.16. The number of carbonyl (C=O) groups excluding carboxylic acids is 1. The largest absolute Gasteiger partial charge is 0.497 e. The van der Waals surface area contributed by atoms with Crippen molar-refractivity contribution in [2.45, 2.75) is 31.9 Å². The highest BCUT2D eigenvalue weighted by molar-refractivity contribution is 7.84. The van der Waals surface area contributed by atoms with Gasteiger partial charge in [0, 0.05) is 34.4 Å². The van der Waals surface area contributed by atoms with Crippen LogP contribution in [0.25, 0.3) is 0 Å². The lowest BCUT2D eigenvalue weighted by Gasteiger charge is -2.13. The molecule has 1 fully saturated rings. The molecule has 0 N–H and O–H groups in total. The average molecular weight is 311 g/mol. The van der Waals surface area contributed by atoms with E-state index in [0.29, 0.717) is 17.9 Å². The van der Waals surface area contributed by atoms with Gasteiger partial charge in [0.2, 0.25) is 0 Å². The number of hydrogen-bond acceptors (Lipinski definition) is 5. The lowest BCUT2D eigenvalue weighted by atomic mass is 10.1. The fourth-order valence-electron chi connectivity index (χ4n) is 2.38. The van der Waals surface area contributed by atoms with E-state index in [1.807, 2.05) is 19.1 Å². The first-order valence-electron chi connectivity index (χ1n) is 6.90. The molecule has 0 saturated heterocycles. The summed E-state index contributed by atoms with van der Waals surface area (Å²) in [5, 5.41) is 0. The number of pyridine rings is 1. The standard InChI is InChI=1S/C15H21NO4S/c1-11-6-13(19-2)7-12(16-11)9-21(18)10-15(4-5-15)8-14(17)20-3/h6-7H,4-5,8-10H2,1-3H3. The molecule has 1 saturated carbocycles. The quantitative estimate of drug-likeness (QED) is 0.721. The molecule has 0 bridgehead atoms. The third kappa shape index (κ3) is 4.52. The van der Waals surface area contributed by atoms with Crippen LogP contribution in [0.1, 0.15) is 30.7 Å². The highest BCUT2D eigenvalue weighted by Crippen LogP contribution is 2.49. The minimum atomic E-state index is -1.04. The van der Waals surface area contributed by atoms with Crippen molar-refractivity contribution < 1.29 is 18.5 Å². The van der Waals surface area contributed by atoms with E-state index in [0.717, 1.165) is 30.0 Å². The Morgan fingerprint density at radius 1 is 1.38 bits per heavy atom. The molecule has 0 radical (unpaired) electrons. The zero-order chi connectivity index (χ0) is 15.5. The Balaban J connectivity index is 1.96. The van der Waals surface area contributed by atoms with Gasteiger partial charge in [0.25, 0.3) is 0 Å². The molecule has 1 aliphatic rings. The van der Waals surface area contributed by atoms with Gasteiger partial charge in [-0.2, -0.15) is 0 Å². The first kappa shape index (κ1) is 15.9. The molecule has 0 aromatic carbocycles. The Bertz CT molecular complexity index is 555. The van der Waals surface area contributed by atoms with Crippen molar-refractivity contribution in [2.24, 2.45) is 5.41 Å². The summed E-state index contributed by atoms with van der Waals surface area (Å²) < 4.78 is 22.2. The number of rotatable bonds is 7. The topological polar surface area (TPSA) is 65.5 Å². The third-order valence-electron chi connectivity index (χ3n) is 3.70. The predicted octanol–water partition coefficient (Wildman–Crippen LogP) is 1.99. The first-order valence-corrected chi connectivity index (χ1v) is 8.38. The highest BCUT2D eigenvalue weighted by Gasteiger charge is 2.45. The van der Waals surface area contributed by atoms with E-state index in [9.17, 15) is 9.00 Å². The summed E-state index contributed by atoms with van der Waals surface area (Å²) in [4.78, 5) is 15.8. The van der Waals surface area contributed by atoms with E-state index in [2.05, 4.69) is 4.98 Å². The number of aromatic nitrogens is 1. The molecule has 0 aliphatic heterocycles. The molecular formula is C15H21NO4S. The lowest BCUT2D eigenvalue weighted by molar-refractivity contribution is -0.141. The summed E-state index contributed by atoms with van der Waals surface area (Å²) >= 11 is 0. The molecule has 1 unspecified atom stereocenters. The van der Waals surface area contributed by atoms with E-state index < -0.39 is 10.8 Å². The molecule has 2 rings (SSSR count). The smallest absolute Gasteiger partial charge is 0.306 e. The van der Waals surface area contributed by atoms with E-state index in [1.165, 1.54) is 7.11 Å². The second-order valence-electron chi connectivity index (χ2n) is 5.62. The second kappa shape index (κ2) is 6.56. The second-order valence-corrected chi connectivity index (χ2v) is 7.08. The molecule has 1 aromatic rings. The fourth-order valence-corrected chi connectivity index (χ4v) is 4.03. The van der Waals surface area contributed by atoms with Gasteiger partial charge in [-0.3, -0.25) is 14.0 Å². The van der Waals surface area contributed by atoms with E-state index in [-0.39, 0.29) is 11.4 Å². The van der Waals surface area contributed by atoms with Gasteiger partial charge < -0.3 is 9.47 Å². The van der Waals surface area contributed by atoms with Crippen molar-refractivity contribution in [1.29, 1.82) is 0 Å². The Hall–Kier alpha value is -1.43. The van der Waals surface area contributed by atoms with Gasteiger partial charge >= 0.3 is 5.97 Å². The molecule has 1 atom stereocenters. The van der Waals surface area contributed by atoms with Gasteiger partial charge in [0.05, 0.1) is 32.1 Å². The van der Waals surface area contributed by atoms with E-state index in [4.69, 9.17) is 9.47 Å². The maximum Gasteiger partial charge on any atom is 0.306 e.